The zero-order valence-corrected chi connectivity index (χ0v) is 18.8. The summed E-state index contributed by atoms with van der Waals surface area (Å²) in [6.45, 7) is 5.56. The Balaban J connectivity index is 2.24. The molecular formula is C21H26ClN3O4S. The second-order valence-electron chi connectivity index (χ2n) is 6.65. The molecule has 2 aromatic rings. The number of carbonyl (C=O) groups is 2. The number of sulfonamides is 1. The molecular weight excluding hydrogens is 426 g/mol. The third-order valence-corrected chi connectivity index (χ3v) is 6.90. The average molecular weight is 452 g/mol. The molecule has 2 amide bonds. The van der Waals surface area contributed by atoms with Gasteiger partial charge in [-0.2, -0.15) is 4.31 Å². The summed E-state index contributed by atoms with van der Waals surface area (Å²) in [6, 6.07) is 12.8. The van der Waals surface area contributed by atoms with Gasteiger partial charge in [-0.1, -0.05) is 55.8 Å². The minimum Gasteiger partial charge on any atom is -0.349 e. The molecule has 2 N–H and O–H groups in total. The van der Waals surface area contributed by atoms with Crippen LogP contribution in [0.25, 0.3) is 0 Å². The molecule has 0 aliphatic rings. The molecule has 0 saturated carbocycles. The number of anilines is 1. The summed E-state index contributed by atoms with van der Waals surface area (Å²) in [4.78, 5) is 24.3. The van der Waals surface area contributed by atoms with Crippen LogP contribution in [0.2, 0.25) is 5.02 Å². The van der Waals surface area contributed by atoms with Gasteiger partial charge in [-0.05, 0) is 23.8 Å². The lowest BCUT2D eigenvalue weighted by Gasteiger charge is -2.20. The normalized spacial score (nSPS) is 12.4. The van der Waals surface area contributed by atoms with Gasteiger partial charge in [0, 0.05) is 20.0 Å². The minimum atomic E-state index is -3.69. The van der Waals surface area contributed by atoms with E-state index in [1.807, 2.05) is 30.3 Å². The van der Waals surface area contributed by atoms with Crippen molar-refractivity contribution in [2.75, 3.05) is 18.4 Å². The summed E-state index contributed by atoms with van der Waals surface area (Å²) in [6.07, 6.45) is -0.0348. The van der Waals surface area contributed by atoms with Gasteiger partial charge in [0.25, 0.3) is 0 Å². The van der Waals surface area contributed by atoms with E-state index in [1.54, 1.807) is 13.8 Å². The van der Waals surface area contributed by atoms with Crippen molar-refractivity contribution in [2.24, 2.45) is 0 Å². The summed E-state index contributed by atoms with van der Waals surface area (Å²) in [5.74, 6) is -0.668. The van der Waals surface area contributed by atoms with Crippen LogP contribution in [0, 0.1) is 0 Å². The third-order valence-electron chi connectivity index (χ3n) is 4.52. The summed E-state index contributed by atoms with van der Waals surface area (Å²) in [5.41, 5.74) is 0.983. The fraction of sp³-hybridized carbons (Fsp3) is 0.333. The van der Waals surface area contributed by atoms with Gasteiger partial charge in [0.2, 0.25) is 21.8 Å². The van der Waals surface area contributed by atoms with Crippen LogP contribution in [-0.2, 0) is 19.6 Å². The van der Waals surface area contributed by atoms with E-state index in [2.05, 4.69) is 10.6 Å². The van der Waals surface area contributed by atoms with Gasteiger partial charge in [-0.25, -0.2) is 8.42 Å². The van der Waals surface area contributed by atoms with Gasteiger partial charge in [-0.15, -0.1) is 0 Å². The van der Waals surface area contributed by atoms with Gasteiger partial charge >= 0.3 is 0 Å². The molecule has 0 radical (unpaired) electrons. The highest BCUT2D eigenvalue weighted by molar-refractivity contribution is 7.89. The quantitative estimate of drug-likeness (QED) is 0.609. The topological polar surface area (TPSA) is 95.6 Å². The first kappa shape index (κ1) is 23.9. The standard InChI is InChI=1S/C21H26ClN3O4S/c1-4-25(5-2)30(28,29)17-11-12-18(22)20(13-17)24-21(27)14-19(23-15(3)26)16-9-7-6-8-10-16/h6-13,19H,4-5,14H2,1-3H3,(H,23,26)(H,24,27). The molecule has 0 spiro atoms. The number of benzene rings is 2. The molecule has 1 atom stereocenters. The average Bonchev–Trinajstić information content (AvgIpc) is 2.70. The molecule has 0 saturated heterocycles. The van der Waals surface area contributed by atoms with Crippen LogP contribution in [0.5, 0.6) is 0 Å². The minimum absolute atomic E-state index is 0.0348. The van der Waals surface area contributed by atoms with Crippen molar-refractivity contribution in [3.05, 3.63) is 59.1 Å². The smallest absolute Gasteiger partial charge is 0.243 e. The number of amides is 2. The van der Waals surface area contributed by atoms with Gasteiger partial charge in [0.05, 0.1) is 28.1 Å². The lowest BCUT2D eigenvalue weighted by molar-refractivity contribution is -0.120. The van der Waals surface area contributed by atoms with E-state index < -0.39 is 22.0 Å². The molecule has 1 unspecified atom stereocenters. The van der Waals surface area contributed by atoms with E-state index >= 15 is 0 Å². The zero-order chi connectivity index (χ0) is 22.3. The van der Waals surface area contributed by atoms with Crippen LogP contribution < -0.4 is 10.6 Å². The molecule has 0 bridgehead atoms. The maximum absolute atomic E-state index is 12.8. The summed E-state index contributed by atoms with van der Waals surface area (Å²) < 4.78 is 26.8. The molecule has 9 heteroatoms. The van der Waals surface area contributed by atoms with Crippen molar-refractivity contribution in [3.63, 3.8) is 0 Å². The van der Waals surface area contributed by atoms with Crippen LogP contribution in [0.1, 0.15) is 38.8 Å². The molecule has 0 aromatic heterocycles. The number of rotatable bonds is 9. The molecule has 0 aliphatic carbocycles. The SMILES string of the molecule is CCN(CC)S(=O)(=O)c1ccc(Cl)c(NC(=O)CC(NC(C)=O)c2ccccc2)c1. The zero-order valence-electron chi connectivity index (χ0n) is 17.2. The maximum Gasteiger partial charge on any atom is 0.243 e. The van der Waals surface area contributed by atoms with Crippen molar-refractivity contribution >= 4 is 39.1 Å². The highest BCUT2D eigenvalue weighted by atomic mass is 35.5. The van der Waals surface area contributed by atoms with E-state index in [1.165, 1.54) is 29.4 Å². The molecule has 30 heavy (non-hydrogen) atoms. The predicted octanol–water partition coefficient (Wildman–Crippen LogP) is 3.58. The fourth-order valence-electron chi connectivity index (χ4n) is 3.04. The lowest BCUT2D eigenvalue weighted by Crippen LogP contribution is -2.31. The van der Waals surface area contributed by atoms with Crippen molar-refractivity contribution in [2.45, 2.75) is 38.1 Å². The van der Waals surface area contributed by atoms with Crippen LogP contribution in [0.3, 0.4) is 0 Å². The summed E-state index contributed by atoms with van der Waals surface area (Å²) in [7, 11) is -3.69. The van der Waals surface area contributed by atoms with E-state index in [0.717, 1.165) is 5.56 Å². The Kier molecular flexibility index (Phi) is 8.40. The van der Waals surface area contributed by atoms with E-state index in [-0.39, 0.29) is 27.9 Å². The first-order valence-corrected chi connectivity index (χ1v) is 11.4. The monoisotopic (exact) mass is 451 g/mol. The van der Waals surface area contributed by atoms with Gasteiger partial charge in [0.1, 0.15) is 0 Å². The number of hydrogen-bond donors (Lipinski definition) is 2. The molecule has 7 nitrogen and oxygen atoms in total. The van der Waals surface area contributed by atoms with Gasteiger partial charge in [-0.3, -0.25) is 9.59 Å². The molecule has 0 heterocycles. The van der Waals surface area contributed by atoms with Crippen molar-refractivity contribution < 1.29 is 18.0 Å². The Morgan fingerprint density at radius 1 is 1.07 bits per heavy atom. The Hall–Kier alpha value is -2.42. The number of halogens is 1. The number of carbonyl (C=O) groups excluding carboxylic acids is 2. The Morgan fingerprint density at radius 3 is 2.27 bits per heavy atom. The van der Waals surface area contributed by atoms with Crippen LogP contribution in [0.15, 0.2) is 53.4 Å². The van der Waals surface area contributed by atoms with Crippen LogP contribution >= 0.6 is 11.6 Å². The van der Waals surface area contributed by atoms with Crippen LogP contribution in [0.4, 0.5) is 5.69 Å². The second kappa shape index (κ2) is 10.6. The van der Waals surface area contributed by atoms with Crippen molar-refractivity contribution in [1.82, 2.24) is 9.62 Å². The largest absolute Gasteiger partial charge is 0.349 e. The predicted molar refractivity (Wildman–Crippen MR) is 118 cm³/mol. The Labute approximate surface area is 182 Å². The van der Waals surface area contributed by atoms with E-state index in [0.29, 0.717) is 13.1 Å². The highest BCUT2D eigenvalue weighted by Crippen LogP contribution is 2.28. The Morgan fingerprint density at radius 2 is 1.70 bits per heavy atom. The van der Waals surface area contributed by atoms with Crippen molar-refractivity contribution in [1.29, 1.82) is 0 Å². The van der Waals surface area contributed by atoms with Crippen molar-refractivity contribution in [3.8, 4) is 0 Å². The molecule has 2 aromatic carbocycles. The van der Waals surface area contributed by atoms with Crippen LogP contribution in [-0.4, -0.2) is 37.6 Å². The second-order valence-corrected chi connectivity index (χ2v) is 8.99. The number of nitrogens with zero attached hydrogens (tertiary/aromatic N) is 1. The Bertz CT molecular complexity index is 993. The summed E-state index contributed by atoms with van der Waals surface area (Å²) >= 11 is 6.18. The first-order valence-electron chi connectivity index (χ1n) is 9.60. The number of nitrogens with one attached hydrogen (secondary N) is 2. The third kappa shape index (κ3) is 6.04. The van der Waals surface area contributed by atoms with Gasteiger partial charge in [0.15, 0.2) is 0 Å². The fourth-order valence-corrected chi connectivity index (χ4v) is 4.69. The van der Waals surface area contributed by atoms with E-state index in [9.17, 15) is 18.0 Å². The maximum atomic E-state index is 12.8. The van der Waals surface area contributed by atoms with E-state index in [4.69, 9.17) is 11.6 Å². The summed E-state index contributed by atoms with van der Waals surface area (Å²) in [5, 5.41) is 5.64. The first-order chi connectivity index (χ1) is 14.2. The molecule has 2 rings (SSSR count). The lowest BCUT2D eigenvalue weighted by atomic mass is 10.0. The molecule has 0 fully saturated rings. The molecule has 162 valence electrons. The number of hydrogen-bond acceptors (Lipinski definition) is 4. The van der Waals surface area contributed by atoms with Gasteiger partial charge < -0.3 is 10.6 Å². The molecule has 0 aliphatic heterocycles. The highest BCUT2D eigenvalue weighted by Gasteiger charge is 2.23.